The van der Waals surface area contributed by atoms with Crippen LogP contribution in [0.4, 0.5) is 8.78 Å². The zero-order chi connectivity index (χ0) is 21.4. The third-order valence-electron chi connectivity index (χ3n) is 7.06. The van der Waals surface area contributed by atoms with E-state index in [1.165, 1.54) is 12.1 Å². The molecule has 1 amide bonds. The first kappa shape index (κ1) is 20.2. The summed E-state index contributed by atoms with van der Waals surface area (Å²) in [7, 11) is 3.64. The van der Waals surface area contributed by atoms with Crippen LogP contribution in [0.15, 0.2) is 12.1 Å². The summed E-state index contributed by atoms with van der Waals surface area (Å²) in [5.41, 5.74) is 1.10. The summed E-state index contributed by atoms with van der Waals surface area (Å²) in [5, 5.41) is -0.0806. The quantitative estimate of drug-likeness (QED) is 0.523. The molecule has 5 nitrogen and oxygen atoms in total. The molecule has 2 aromatic rings. The number of likely N-dealkylation sites (N-methyl/N-ethyl adjacent to an activating group) is 1. The van der Waals surface area contributed by atoms with Crippen molar-refractivity contribution in [2.24, 2.45) is 7.05 Å². The van der Waals surface area contributed by atoms with E-state index in [9.17, 15) is 13.6 Å². The van der Waals surface area contributed by atoms with Crippen LogP contribution in [0.3, 0.4) is 0 Å². The van der Waals surface area contributed by atoms with E-state index in [0.29, 0.717) is 31.0 Å². The summed E-state index contributed by atoms with van der Waals surface area (Å²) in [6.45, 7) is 1.61. The van der Waals surface area contributed by atoms with Gasteiger partial charge in [-0.2, -0.15) is 0 Å². The number of aromatic nitrogens is 2. The summed E-state index contributed by atoms with van der Waals surface area (Å²) in [6.07, 6.45) is 1.64. The van der Waals surface area contributed by atoms with Gasteiger partial charge < -0.3 is 18.8 Å². The lowest BCUT2D eigenvalue weighted by Gasteiger charge is -2.23. The molecule has 30 heavy (non-hydrogen) atoms. The van der Waals surface area contributed by atoms with E-state index < -0.39 is 17.0 Å². The molecular formula is C21H22ClF2N3O2S. The van der Waals surface area contributed by atoms with Crippen LogP contribution in [-0.4, -0.2) is 46.2 Å². The number of fused-ring (bicyclic) bond motifs is 3. The molecule has 5 rings (SSSR count). The number of amides is 1. The lowest BCUT2D eigenvalue weighted by atomic mass is 9.92. The number of halogens is 3. The molecule has 0 bridgehead atoms. The standard InChI is InChI=1S/C21H22ClF2N3O2S/c1-25(11-5-6-29-9-11)16(28)7-15-19-12-8-21(12,10-27(19)20(30)26(15)2)17-14(23)4-3-13(22)18(17)24/h3-4,11-12H,5-10H2,1-2H3/t11?,12-,21-/m0/s1. The van der Waals surface area contributed by atoms with E-state index in [-0.39, 0.29) is 34.9 Å². The van der Waals surface area contributed by atoms with Gasteiger partial charge in [-0.1, -0.05) is 11.6 Å². The average Bonchev–Trinajstić information content (AvgIpc) is 3.04. The molecular weight excluding hydrogens is 432 g/mol. The number of benzene rings is 1. The van der Waals surface area contributed by atoms with E-state index in [0.717, 1.165) is 17.8 Å². The van der Waals surface area contributed by atoms with Crippen molar-refractivity contribution in [1.29, 1.82) is 0 Å². The van der Waals surface area contributed by atoms with Gasteiger partial charge in [0.25, 0.3) is 0 Å². The highest BCUT2D eigenvalue weighted by atomic mass is 35.5. The van der Waals surface area contributed by atoms with Crippen molar-refractivity contribution >= 4 is 29.7 Å². The predicted molar refractivity (Wildman–Crippen MR) is 110 cm³/mol. The molecule has 1 unspecified atom stereocenters. The monoisotopic (exact) mass is 453 g/mol. The highest BCUT2D eigenvalue weighted by Gasteiger charge is 2.64. The van der Waals surface area contributed by atoms with Crippen molar-refractivity contribution in [3.05, 3.63) is 50.5 Å². The zero-order valence-corrected chi connectivity index (χ0v) is 18.3. The molecule has 9 heteroatoms. The maximum atomic E-state index is 14.8. The molecule has 0 N–H and O–H groups in total. The number of ether oxygens (including phenoxy) is 1. The van der Waals surface area contributed by atoms with Crippen LogP contribution < -0.4 is 0 Å². The molecule has 1 aromatic heterocycles. The van der Waals surface area contributed by atoms with E-state index in [4.69, 9.17) is 28.6 Å². The first-order chi connectivity index (χ1) is 14.3. The average molecular weight is 454 g/mol. The van der Waals surface area contributed by atoms with Crippen molar-refractivity contribution in [2.45, 2.75) is 43.2 Å². The number of carbonyl (C=O) groups excluding carboxylic acids is 1. The molecule has 1 aliphatic carbocycles. The van der Waals surface area contributed by atoms with Gasteiger partial charge in [-0.3, -0.25) is 4.79 Å². The van der Waals surface area contributed by atoms with Crippen LogP contribution >= 0.6 is 23.8 Å². The maximum absolute atomic E-state index is 14.8. The molecule has 160 valence electrons. The Bertz CT molecular complexity index is 1120. The molecule has 1 saturated heterocycles. The number of nitrogens with zero attached hydrogens (tertiary/aromatic N) is 3. The first-order valence-electron chi connectivity index (χ1n) is 10.0. The fourth-order valence-corrected chi connectivity index (χ4v) is 5.67. The molecule has 2 aliphatic heterocycles. The Balaban J connectivity index is 1.49. The molecule has 2 fully saturated rings. The SMILES string of the molecule is CN(C(=O)Cc1c2n(c(=S)n1C)C[C@@]1(c3c(F)ccc(Cl)c3F)C[C@@H]21)C1CCOC1. The summed E-state index contributed by atoms with van der Waals surface area (Å²) < 4.78 is 39.2. The largest absolute Gasteiger partial charge is 0.379 e. The van der Waals surface area contributed by atoms with Crippen LogP contribution in [0.25, 0.3) is 0 Å². The van der Waals surface area contributed by atoms with Gasteiger partial charge in [0.05, 0.1) is 24.1 Å². The third-order valence-corrected chi connectivity index (χ3v) is 7.85. The third kappa shape index (κ3) is 2.73. The highest BCUT2D eigenvalue weighted by molar-refractivity contribution is 7.71. The molecule has 1 aromatic carbocycles. The van der Waals surface area contributed by atoms with Gasteiger partial charge in [0.1, 0.15) is 11.6 Å². The number of imidazole rings is 1. The molecule has 3 heterocycles. The number of hydrogen-bond acceptors (Lipinski definition) is 3. The topological polar surface area (TPSA) is 39.4 Å². The summed E-state index contributed by atoms with van der Waals surface area (Å²) in [6, 6.07) is 2.54. The first-order valence-corrected chi connectivity index (χ1v) is 10.8. The zero-order valence-electron chi connectivity index (χ0n) is 16.8. The Labute approximate surface area is 183 Å². The van der Waals surface area contributed by atoms with Gasteiger partial charge in [-0.25, -0.2) is 8.78 Å². The normalized spacial score (nSPS) is 26.6. The predicted octanol–water partition coefficient (Wildman–Crippen LogP) is 3.72. The van der Waals surface area contributed by atoms with E-state index in [1.807, 2.05) is 16.2 Å². The fraction of sp³-hybridized carbons (Fsp3) is 0.524. The molecule has 1 saturated carbocycles. The van der Waals surface area contributed by atoms with Crippen LogP contribution in [-0.2, 0) is 35.0 Å². The summed E-state index contributed by atoms with van der Waals surface area (Å²) in [4.78, 5) is 14.7. The smallest absolute Gasteiger partial charge is 0.228 e. The second-order valence-corrected chi connectivity index (χ2v) is 9.36. The lowest BCUT2D eigenvalue weighted by molar-refractivity contribution is -0.131. The minimum Gasteiger partial charge on any atom is -0.379 e. The second kappa shape index (κ2) is 6.87. The second-order valence-electron chi connectivity index (χ2n) is 8.59. The van der Waals surface area contributed by atoms with Crippen molar-refractivity contribution in [3.63, 3.8) is 0 Å². The van der Waals surface area contributed by atoms with E-state index in [1.54, 1.807) is 11.9 Å². The summed E-state index contributed by atoms with van der Waals surface area (Å²) >= 11 is 11.5. The van der Waals surface area contributed by atoms with Crippen molar-refractivity contribution in [3.8, 4) is 0 Å². The van der Waals surface area contributed by atoms with Gasteiger partial charge >= 0.3 is 0 Å². The van der Waals surface area contributed by atoms with Gasteiger partial charge in [0, 0.05) is 55.5 Å². The highest BCUT2D eigenvalue weighted by Crippen LogP contribution is 2.67. The number of carbonyl (C=O) groups is 1. The Morgan fingerprint density at radius 1 is 1.43 bits per heavy atom. The van der Waals surface area contributed by atoms with Crippen LogP contribution in [0.5, 0.6) is 0 Å². The van der Waals surface area contributed by atoms with E-state index in [2.05, 4.69) is 0 Å². The number of hydrogen-bond donors (Lipinski definition) is 0. The Kier molecular flexibility index (Phi) is 4.61. The van der Waals surface area contributed by atoms with Crippen LogP contribution in [0.1, 0.15) is 35.7 Å². The van der Waals surface area contributed by atoms with Crippen LogP contribution in [0, 0.1) is 16.4 Å². The van der Waals surface area contributed by atoms with Crippen molar-refractivity contribution in [1.82, 2.24) is 14.0 Å². The van der Waals surface area contributed by atoms with E-state index >= 15 is 0 Å². The van der Waals surface area contributed by atoms with Gasteiger partial charge in [-0.05, 0) is 37.2 Å². The minimum absolute atomic E-state index is 0.0113. The van der Waals surface area contributed by atoms with Gasteiger partial charge in [0.15, 0.2) is 4.77 Å². The maximum Gasteiger partial charge on any atom is 0.228 e. The Hall–Kier alpha value is -1.77. The van der Waals surface area contributed by atoms with Gasteiger partial charge in [0.2, 0.25) is 5.91 Å². The van der Waals surface area contributed by atoms with Crippen LogP contribution in [0.2, 0.25) is 5.02 Å². The summed E-state index contributed by atoms with van der Waals surface area (Å²) in [5.74, 6) is -1.37. The molecule has 0 spiro atoms. The number of rotatable bonds is 4. The van der Waals surface area contributed by atoms with Crippen molar-refractivity contribution < 1.29 is 18.3 Å². The lowest BCUT2D eigenvalue weighted by Crippen LogP contribution is -2.38. The minimum atomic E-state index is -0.696. The fourth-order valence-electron chi connectivity index (χ4n) is 5.24. The van der Waals surface area contributed by atoms with Crippen molar-refractivity contribution in [2.75, 3.05) is 20.3 Å². The molecule has 3 aliphatic rings. The Morgan fingerprint density at radius 3 is 2.90 bits per heavy atom. The Morgan fingerprint density at radius 2 is 2.20 bits per heavy atom. The van der Waals surface area contributed by atoms with Gasteiger partial charge in [-0.15, -0.1) is 0 Å². The molecule has 0 radical (unpaired) electrons. The molecule has 3 atom stereocenters.